The standard InChI is InChI=1S/C39H44F2N16O/c40-29-9-1-5-25(46-29)27-7-3-15-54(27)33-23-56-31(21-44-33)48-50-38(56)35(52-17-11-42-12-18-52)37(58)36(53-19-13-43-14-20-53)39-51-49-32-22-45-34(24-57(32)39)55-16-4-8-28(55)26-6-2-10-30(41)47-26/h1-2,5-6,9-10,21-24,27-28,35-36,42-43H,3-4,7-8,11-20H2/t27?,28?,35-,36-/m0/s1. The zero-order valence-corrected chi connectivity index (χ0v) is 31.9. The molecule has 0 aliphatic carbocycles. The van der Waals surface area contributed by atoms with Gasteiger partial charge in [0.05, 0.1) is 48.3 Å². The maximum Gasteiger partial charge on any atom is 0.213 e. The first-order chi connectivity index (χ1) is 28.5. The number of Topliss-reactive ketones (excluding diaryl/α,β-unsaturated/α-hetero) is 1. The number of ketones is 1. The number of hydrogen-bond donors (Lipinski definition) is 2. The van der Waals surface area contributed by atoms with E-state index in [2.05, 4.69) is 50.4 Å². The number of rotatable bonds is 10. The Kier molecular flexibility index (Phi) is 9.88. The van der Waals surface area contributed by atoms with Gasteiger partial charge in [-0.25, -0.2) is 19.9 Å². The molecule has 0 radical (unpaired) electrons. The van der Waals surface area contributed by atoms with Crippen LogP contribution in [0.1, 0.15) is 72.9 Å². The Morgan fingerprint density at radius 1 is 0.621 bits per heavy atom. The van der Waals surface area contributed by atoms with Crippen LogP contribution in [0.25, 0.3) is 11.3 Å². The lowest BCUT2D eigenvalue weighted by molar-refractivity contribution is -0.131. The number of fused-ring (bicyclic) bond motifs is 2. The zero-order chi connectivity index (χ0) is 39.2. The van der Waals surface area contributed by atoms with Gasteiger partial charge in [-0.2, -0.15) is 8.78 Å². The van der Waals surface area contributed by atoms with Crippen LogP contribution in [0.4, 0.5) is 20.4 Å². The number of pyridine rings is 2. The smallest absolute Gasteiger partial charge is 0.213 e. The molecular formula is C39H44F2N16O. The highest BCUT2D eigenvalue weighted by Crippen LogP contribution is 2.38. The number of hydrogen-bond acceptors (Lipinski definition) is 15. The van der Waals surface area contributed by atoms with Gasteiger partial charge in [-0.15, -0.1) is 20.4 Å². The molecule has 58 heavy (non-hydrogen) atoms. The van der Waals surface area contributed by atoms with Crippen LogP contribution in [0.3, 0.4) is 0 Å². The Bertz CT molecular complexity index is 2260. The van der Waals surface area contributed by atoms with Crippen LogP contribution in [0, 0.1) is 11.9 Å². The molecule has 0 spiro atoms. The number of halogens is 2. The normalized spacial score (nSPS) is 22.0. The van der Waals surface area contributed by atoms with Crippen molar-refractivity contribution in [3.8, 4) is 0 Å². The van der Waals surface area contributed by atoms with Crippen LogP contribution < -0.4 is 20.4 Å². The molecule has 4 fully saturated rings. The van der Waals surface area contributed by atoms with Crippen LogP contribution >= 0.6 is 0 Å². The van der Waals surface area contributed by atoms with E-state index in [0.717, 1.165) is 38.8 Å². The Hall–Kier alpha value is -5.63. The van der Waals surface area contributed by atoms with E-state index in [0.29, 0.717) is 98.3 Å². The Morgan fingerprint density at radius 2 is 1.07 bits per heavy atom. The molecule has 10 rings (SSSR count). The molecule has 4 atom stereocenters. The molecule has 2 N–H and O–H groups in total. The summed E-state index contributed by atoms with van der Waals surface area (Å²) < 4.78 is 32.2. The number of aromatic nitrogens is 10. The van der Waals surface area contributed by atoms with Crippen molar-refractivity contribution in [1.82, 2.24) is 69.6 Å². The quantitative estimate of drug-likeness (QED) is 0.194. The summed E-state index contributed by atoms with van der Waals surface area (Å²) in [4.78, 5) is 42.3. The minimum atomic E-state index is -0.790. The third-order valence-electron chi connectivity index (χ3n) is 11.9. The van der Waals surface area contributed by atoms with Gasteiger partial charge < -0.3 is 20.4 Å². The summed E-state index contributed by atoms with van der Waals surface area (Å²) in [5.74, 6) is 1.20. The summed E-state index contributed by atoms with van der Waals surface area (Å²) in [6, 6.07) is 7.90. The van der Waals surface area contributed by atoms with Gasteiger partial charge >= 0.3 is 0 Å². The number of piperazine rings is 2. The lowest BCUT2D eigenvalue weighted by atomic mass is 9.99. The average Bonchev–Trinajstić information content (AvgIpc) is 4.09. The van der Waals surface area contributed by atoms with Crippen molar-refractivity contribution in [3.05, 3.63) is 96.1 Å². The van der Waals surface area contributed by atoms with E-state index in [9.17, 15) is 8.78 Å². The summed E-state index contributed by atoms with van der Waals surface area (Å²) in [5.41, 5.74) is 2.34. The molecule has 6 aromatic rings. The first-order valence-electron chi connectivity index (χ1n) is 20.1. The first kappa shape index (κ1) is 36.7. The van der Waals surface area contributed by atoms with Gasteiger partial charge in [0.1, 0.15) is 23.7 Å². The number of carbonyl (C=O) groups excluding carboxylic acids is 1. The van der Waals surface area contributed by atoms with Crippen LogP contribution in [0.15, 0.2) is 61.2 Å². The SMILES string of the molecule is O=C([C@@H](c1nnc2cnc(N3CCCC3c3cccc(F)n3)cn12)N1CCNCC1)[C@@H](c1nnc2cnc(N3CCCC3c3cccc(F)n3)cn12)N1CCNCC1. The number of carbonyl (C=O) groups is 1. The monoisotopic (exact) mass is 790 g/mol. The molecule has 6 aromatic heterocycles. The van der Waals surface area contributed by atoms with Crippen molar-refractivity contribution in [3.63, 3.8) is 0 Å². The zero-order valence-electron chi connectivity index (χ0n) is 31.9. The fourth-order valence-corrected chi connectivity index (χ4v) is 9.17. The van der Waals surface area contributed by atoms with Gasteiger partial charge in [0, 0.05) is 65.4 Å². The molecule has 2 unspecified atom stereocenters. The molecule has 0 bridgehead atoms. The number of anilines is 2. The van der Waals surface area contributed by atoms with Crippen molar-refractivity contribution >= 4 is 28.7 Å². The van der Waals surface area contributed by atoms with Gasteiger partial charge in [-0.3, -0.25) is 23.4 Å². The molecule has 4 aliphatic heterocycles. The van der Waals surface area contributed by atoms with E-state index >= 15 is 4.79 Å². The third-order valence-corrected chi connectivity index (χ3v) is 11.9. The van der Waals surface area contributed by atoms with Crippen LogP contribution in [-0.2, 0) is 4.79 Å². The van der Waals surface area contributed by atoms with Crippen molar-refractivity contribution in [2.45, 2.75) is 49.9 Å². The van der Waals surface area contributed by atoms with Crippen LogP contribution in [0.2, 0.25) is 0 Å². The molecule has 19 heteroatoms. The average molecular weight is 791 g/mol. The highest BCUT2D eigenvalue weighted by Gasteiger charge is 2.43. The highest BCUT2D eigenvalue weighted by molar-refractivity contribution is 5.90. The molecular weight excluding hydrogens is 747 g/mol. The molecule has 0 aromatic carbocycles. The van der Waals surface area contributed by atoms with Gasteiger partial charge in [0.2, 0.25) is 11.9 Å². The van der Waals surface area contributed by atoms with Crippen LogP contribution in [-0.4, -0.2) is 130 Å². The van der Waals surface area contributed by atoms with E-state index in [4.69, 9.17) is 20.2 Å². The van der Waals surface area contributed by atoms with E-state index in [1.165, 1.54) is 12.1 Å². The summed E-state index contributed by atoms with van der Waals surface area (Å²) in [6.45, 7) is 6.76. The van der Waals surface area contributed by atoms with Crippen molar-refractivity contribution in [2.75, 3.05) is 75.2 Å². The predicted octanol–water partition coefficient (Wildman–Crippen LogP) is 2.48. The van der Waals surface area contributed by atoms with E-state index in [1.807, 2.05) is 33.3 Å². The number of nitrogens with zero attached hydrogens (tertiary/aromatic N) is 14. The van der Waals surface area contributed by atoms with Crippen LogP contribution in [0.5, 0.6) is 0 Å². The topological polar surface area (TPSA) is 166 Å². The number of nitrogens with one attached hydrogen (secondary N) is 2. The maximum atomic E-state index is 15.7. The second-order valence-electron chi connectivity index (χ2n) is 15.3. The minimum absolute atomic E-state index is 0.0878. The lowest BCUT2D eigenvalue weighted by Gasteiger charge is -2.38. The first-order valence-corrected chi connectivity index (χ1v) is 20.1. The highest BCUT2D eigenvalue weighted by atomic mass is 19.1. The summed E-state index contributed by atoms with van der Waals surface area (Å²) >= 11 is 0. The molecule has 10 heterocycles. The summed E-state index contributed by atoms with van der Waals surface area (Å²) in [5, 5.41) is 25.3. The van der Waals surface area contributed by atoms with Gasteiger partial charge in [-0.05, 0) is 49.9 Å². The fraction of sp³-hybridized carbons (Fsp3) is 0.462. The van der Waals surface area contributed by atoms with E-state index in [1.54, 1.807) is 24.5 Å². The largest absolute Gasteiger partial charge is 0.347 e. The van der Waals surface area contributed by atoms with Gasteiger partial charge in [0.15, 0.2) is 28.7 Å². The predicted molar refractivity (Wildman–Crippen MR) is 208 cm³/mol. The molecule has 300 valence electrons. The third kappa shape index (κ3) is 6.80. The molecule has 4 aliphatic rings. The Labute approximate surface area is 332 Å². The fourth-order valence-electron chi connectivity index (χ4n) is 9.17. The van der Waals surface area contributed by atoms with E-state index in [-0.39, 0.29) is 17.9 Å². The Balaban J connectivity index is 1.05. The van der Waals surface area contributed by atoms with Gasteiger partial charge in [-0.1, -0.05) is 12.1 Å². The maximum absolute atomic E-state index is 15.7. The van der Waals surface area contributed by atoms with Crippen molar-refractivity contribution < 1.29 is 13.6 Å². The Morgan fingerprint density at radius 3 is 1.50 bits per heavy atom. The molecule has 0 amide bonds. The van der Waals surface area contributed by atoms with Crippen molar-refractivity contribution in [2.24, 2.45) is 0 Å². The molecule has 0 saturated carbocycles. The molecule has 4 saturated heterocycles. The second-order valence-corrected chi connectivity index (χ2v) is 15.3. The minimum Gasteiger partial charge on any atom is -0.347 e. The summed E-state index contributed by atoms with van der Waals surface area (Å²) in [6.07, 6.45) is 10.6. The summed E-state index contributed by atoms with van der Waals surface area (Å²) in [7, 11) is 0. The second kappa shape index (κ2) is 15.6. The van der Waals surface area contributed by atoms with Gasteiger partial charge in [0.25, 0.3) is 0 Å². The lowest BCUT2D eigenvalue weighted by Crippen LogP contribution is -2.52. The van der Waals surface area contributed by atoms with E-state index < -0.39 is 24.0 Å². The van der Waals surface area contributed by atoms with Crippen molar-refractivity contribution in [1.29, 1.82) is 0 Å². The molecule has 17 nitrogen and oxygen atoms in total.